The van der Waals surface area contributed by atoms with Gasteiger partial charge in [0.2, 0.25) is 10.0 Å². The van der Waals surface area contributed by atoms with Crippen molar-refractivity contribution >= 4 is 21.6 Å². The Morgan fingerprint density at radius 3 is 2.85 bits per heavy atom. The summed E-state index contributed by atoms with van der Waals surface area (Å²) < 4.78 is 26.1. The Morgan fingerprint density at radius 2 is 2.20 bits per heavy atom. The highest BCUT2D eigenvalue weighted by Gasteiger charge is 2.35. The second-order valence-electron chi connectivity index (χ2n) is 4.38. The Kier molecular flexibility index (Phi) is 3.84. The van der Waals surface area contributed by atoms with E-state index in [2.05, 4.69) is 5.32 Å². The molecule has 1 aliphatic rings. The molecule has 110 valence electrons. The number of carbonyl (C=O) groups is 1. The van der Waals surface area contributed by atoms with Gasteiger partial charge in [0.05, 0.1) is 5.69 Å². The van der Waals surface area contributed by atoms with Crippen LogP contribution in [-0.4, -0.2) is 48.1 Å². The average Bonchev–Trinajstić information content (AvgIpc) is 2.53. The van der Waals surface area contributed by atoms with Gasteiger partial charge in [-0.2, -0.15) is 4.31 Å². The van der Waals surface area contributed by atoms with Gasteiger partial charge in [0.1, 0.15) is 16.7 Å². The van der Waals surface area contributed by atoms with Crippen molar-refractivity contribution in [2.75, 3.05) is 18.4 Å². The molecule has 0 unspecified atom stereocenters. The zero-order valence-electron chi connectivity index (χ0n) is 10.7. The summed E-state index contributed by atoms with van der Waals surface area (Å²) in [5.74, 6) is -0.864. The Labute approximate surface area is 116 Å². The van der Waals surface area contributed by atoms with Gasteiger partial charge in [-0.15, -0.1) is 0 Å². The zero-order chi connectivity index (χ0) is 14.9. The summed E-state index contributed by atoms with van der Waals surface area (Å²) in [5, 5.41) is 20.9. The smallest absolute Gasteiger partial charge is 0.261 e. The summed E-state index contributed by atoms with van der Waals surface area (Å²) >= 11 is 0. The first kappa shape index (κ1) is 14.6. The lowest BCUT2D eigenvalue weighted by Gasteiger charge is -2.24. The normalized spacial score (nSPS) is 19.3. The lowest BCUT2D eigenvalue weighted by Crippen LogP contribution is -2.47. The predicted octanol–water partition coefficient (Wildman–Crippen LogP) is -0.298. The van der Waals surface area contributed by atoms with Crippen LogP contribution < -0.4 is 10.8 Å². The fraction of sp³-hybridized carbons (Fsp3) is 0.364. The number of phenolic OH excluding ortho intramolecular Hbond substituents is 1. The number of hydrogen-bond donors (Lipinski definition) is 4. The molecule has 0 spiro atoms. The highest BCUT2D eigenvalue weighted by atomic mass is 32.2. The summed E-state index contributed by atoms with van der Waals surface area (Å²) in [6, 6.07) is 2.80. The van der Waals surface area contributed by atoms with Crippen LogP contribution in [0.4, 0.5) is 5.69 Å². The van der Waals surface area contributed by atoms with E-state index in [4.69, 9.17) is 5.21 Å². The lowest BCUT2D eigenvalue weighted by molar-refractivity contribution is -0.132. The van der Waals surface area contributed by atoms with Gasteiger partial charge in [-0.05, 0) is 19.1 Å². The maximum absolute atomic E-state index is 12.5. The molecule has 1 heterocycles. The summed E-state index contributed by atoms with van der Waals surface area (Å²) in [7, 11) is -3.90. The number of phenols is 1. The van der Waals surface area contributed by atoms with E-state index in [1.807, 2.05) is 0 Å². The third-order valence-corrected chi connectivity index (χ3v) is 5.15. The summed E-state index contributed by atoms with van der Waals surface area (Å²) in [5.41, 5.74) is 1.73. The first-order chi connectivity index (χ1) is 9.37. The highest BCUT2D eigenvalue weighted by Crippen LogP contribution is 2.31. The number of nitrogens with one attached hydrogen (secondary N) is 2. The van der Waals surface area contributed by atoms with E-state index in [-0.39, 0.29) is 29.4 Å². The number of benzene rings is 1. The molecule has 0 radical (unpaired) electrons. The predicted molar refractivity (Wildman–Crippen MR) is 69.9 cm³/mol. The van der Waals surface area contributed by atoms with E-state index in [0.717, 1.165) is 4.31 Å². The van der Waals surface area contributed by atoms with Crippen LogP contribution in [0.2, 0.25) is 0 Å². The highest BCUT2D eigenvalue weighted by molar-refractivity contribution is 7.89. The fourth-order valence-corrected chi connectivity index (χ4v) is 3.80. The first-order valence-electron chi connectivity index (χ1n) is 5.90. The molecule has 1 aromatic rings. The van der Waals surface area contributed by atoms with Crippen LogP contribution in [0.1, 0.15) is 6.92 Å². The molecule has 1 amide bonds. The molecule has 0 saturated carbocycles. The number of hydrogen-bond acceptors (Lipinski definition) is 6. The standard InChI is InChI=1S/C11H15N3O5S/c1-7(11(16)13-17)14-5-4-12-9-6-8(15)2-3-10(9)20(14,18)19/h2-3,6-7,12,15,17H,4-5H2,1H3,(H,13,16)/t7-/m1/s1. The zero-order valence-corrected chi connectivity index (χ0v) is 11.5. The molecule has 0 bridgehead atoms. The minimum Gasteiger partial charge on any atom is -0.508 e. The molecule has 1 aliphatic heterocycles. The van der Waals surface area contributed by atoms with Crippen molar-refractivity contribution < 1.29 is 23.5 Å². The number of anilines is 1. The Balaban J connectivity index is 2.49. The molecule has 4 N–H and O–H groups in total. The number of fused-ring (bicyclic) bond motifs is 1. The van der Waals surface area contributed by atoms with E-state index in [0.29, 0.717) is 0 Å². The molecular weight excluding hydrogens is 286 g/mol. The minimum atomic E-state index is -3.90. The first-order valence-corrected chi connectivity index (χ1v) is 7.34. The van der Waals surface area contributed by atoms with Gasteiger partial charge in [0.25, 0.3) is 5.91 Å². The fourth-order valence-electron chi connectivity index (χ4n) is 2.05. The quantitative estimate of drug-likeness (QED) is 0.440. The van der Waals surface area contributed by atoms with Crippen LogP contribution in [-0.2, 0) is 14.8 Å². The van der Waals surface area contributed by atoms with Crippen LogP contribution in [0.25, 0.3) is 0 Å². The molecule has 1 atom stereocenters. The second kappa shape index (κ2) is 5.27. The van der Waals surface area contributed by atoms with Gasteiger partial charge >= 0.3 is 0 Å². The number of aromatic hydroxyl groups is 1. The van der Waals surface area contributed by atoms with E-state index in [9.17, 15) is 18.3 Å². The van der Waals surface area contributed by atoms with Gasteiger partial charge in [0, 0.05) is 19.2 Å². The Bertz CT molecular complexity index is 631. The Hall–Kier alpha value is -1.84. The number of nitrogens with zero attached hydrogens (tertiary/aromatic N) is 1. The van der Waals surface area contributed by atoms with Crippen LogP contribution in [0, 0.1) is 0 Å². The summed E-state index contributed by atoms with van der Waals surface area (Å²) in [4.78, 5) is 11.4. The van der Waals surface area contributed by atoms with Crippen molar-refractivity contribution in [1.82, 2.24) is 9.79 Å². The van der Waals surface area contributed by atoms with Crippen molar-refractivity contribution in [3.05, 3.63) is 18.2 Å². The maximum atomic E-state index is 12.5. The molecule has 8 nitrogen and oxygen atoms in total. The van der Waals surface area contributed by atoms with E-state index in [1.165, 1.54) is 30.6 Å². The van der Waals surface area contributed by atoms with Crippen LogP contribution in [0.3, 0.4) is 0 Å². The van der Waals surface area contributed by atoms with E-state index in [1.54, 1.807) is 0 Å². The van der Waals surface area contributed by atoms with E-state index < -0.39 is 22.0 Å². The monoisotopic (exact) mass is 301 g/mol. The minimum absolute atomic E-state index is 0.0228. The number of hydroxylamine groups is 1. The van der Waals surface area contributed by atoms with Crippen molar-refractivity contribution in [1.29, 1.82) is 0 Å². The molecule has 1 aromatic carbocycles. The number of amides is 1. The van der Waals surface area contributed by atoms with Crippen molar-refractivity contribution in [3.8, 4) is 5.75 Å². The van der Waals surface area contributed by atoms with Crippen LogP contribution in [0.5, 0.6) is 5.75 Å². The molecule has 20 heavy (non-hydrogen) atoms. The van der Waals surface area contributed by atoms with Gasteiger partial charge in [-0.3, -0.25) is 10.0 Å². The van der Waals surface area contributed by atoms with Gasteiger partial charge in [0.15, 0.2) is 0 Å². The van der Waals surface area contributed by atoms with Crippen molar-refractivity contribution in [2.45, 2.75) is 17.9 Å². The number of sulfonamides is 1. The topological polar surface area (TPSA) is 119 Å². The molecule has 0 aromatic heterocycles. The van der Waals surface area contributed by atoms with Crippen molar-refractivity contribution in [3.63, 3.8) is 0 Å². The molecule has 9 heteroatoms. The maximum Gasteiger partial charge on any atom is 0.261 e. The van der Waals surface area contributed by atoms with Crippen LogP contribution >= 0.6 is 0 Å². The average molecular weight is 301 g/mol. The molecule has 0 aliphatic carbocycles. The van der Waals surface area contributed by atoms with Gasteiger partial charge in [-0.25, -0.2) is 13.9 Å². The molecule has 0 fully saturated rings. The summed E-state index contributed by atoms with van der Waals surface area (Å²) in [6.07, 6.45) is 0. The third kappa shape index (κ3) is 2.42. The third-order valence-electron chi connectivity index (χ3n) is 3.12. The lowest BCUT2D eigenvalue weighted by atomic mass is 10.3. The molecule has 2 rings (SSSR count). The number of carbonyl (C=O) groups excluding carboxylic acids is 1. The second-order valence-corrected chi connectivity index (χ2v) is 6.23. The number of rotatable bonds is 2. The van der Waals surface area contributed by atoms with Gasteiger partial charge < -0.3 is 10.4 Å². The largest absolute Gasteiger partial charge is 0.508 e. The van der Waals surface area contributed by atoms with Gasteiger partial charge in [-0.1, -0.05) is 0 Å². The summed E-state index contributed by atoms with van der Waals surface area (Å²) in [6.45, 7) is 1.72. The SMILES string of the molecule is C[C@H](C(=O)NO)N1CCNc2cc(O)ccc2S1(=O)=O. The van der Waals surface area contributed by atoms with Crippen LogP contribution in [0.15, 0.2) is 23.1 Å². The molecular formula is C11H15N3O5S. The Morgan fingerprint density at radius 1 is 1.50 bits per heavy atom. The van der Waals surface area contributed by atoms with Crippen molar-refractivity contribution in [2.24, 2.45) is 0 Å². The molecule has 0 saturated heterocycles. The van der Waals surface area contributed by atoms with E-state index >= 15 is 0 Å².